The first-order valence-corrected chi connectivity index (χ1v) is 7.93. The number of benzene rings is 2. The molecule has 0 bridgehead atoms. The van der Waals surface area contributed by atoms with Crippen molar-refractivity contribution in [3.63, 3.8) is 0 Å². The molecule has 0 saturated carbocycles. The molecule has 0 unspecified atom stereocenters. The zero-order valence-electron chi connectivity index (χ0n) is 12.5. The lowest BCUT2D eigenvalue weighted by atomic mass is 10.1. The Labute approximate surface area is 143 Å². The normalized spacial score (nSPS) is 16.4. The van der Waals surface area contributed by atoms with Crippen LogP contribution in [0.25, 0.3) is 6.08 Å². The molecular weight excluding hydrogens is 354 g/mol. The van der Waals surface area contributed by atoms with E-state index in [1.807, 2.05) is 67.6 Å². The van der Waals surface area contributed by atoms with Gasteiger partial charge in [0.2, 0.25) is 5.90 Å². The zero-order chi connectivity index (χ0) is 16.2. The molecule has 3 rings (SSSR count). The highest BCUT2D eigenvalue weighted by molar-refractivity contribution is 9.12. The summed E-state index contributed by atoms with van der Waals surface area (Å²) in [6.07, 6.45) is 3.58. The average molecular weight is 368 g/mol. The van der Waals surface area contributed by atoms with Crippen molar-refractivity contribution in [2.24, 2.45) is 4.99 Å². The number of aliphatic imine (C=N–C) groups is 1. The van der Waals surface area contributed by atoms with Gasteiger partial charge in [0.1, 0.15) is 0 Å². The lowest BCUT2D eigenvalue weighted by Crippen LogP contribution is -2.05. The third kappa shape index (κ3) is 3.85. The van der Waals surface area contributed by atoms with Gasteiger partial charge < -0.3 is 4.74 Å². The van der Waals surface area contributed by atoms with Crippen LogP contribution >= 0.6 is 15.9 Å². The number of carbonyl (C=O) groups excluding carboxylic acids is 1. The minimum absolute atomic E-state index is 0.277. The molecule has 0 radical (unpaired) electrons. The first-order valence-electron chi connectivity index (χ1n) is 7.14. The van der Waals surface area contributed by atoms with E-state index in [-0.39, 0.29) is 5.70 Å². The average Bonchev–Trinajstić information content (AvgIpc) is 2.90. The van der Waals surface area contributed by atoms with E-state index in [0.29, 0.717) is 5.90 Å². The number of ether oxygens (including phenoxy) is 1. The van der Waals surface area contributed by atoms with Gasteiger partial charge in [-0.2, -0.15) is 0 Å². The Morgan fingerprint density at radius 2 is 1.78 bits per heavy atom. The van der Waals surface area contributed by atoms with Gasteiger partial charge in [-0.05, 0) is 36.8 Å². The number of nitrogens with zero attached hydrogens (tertiary/aromatic N) is 1. The summed E-state index contributed by atoms with van der Waals surface area (Å²) in [6.45, 7) is 2.00. The SMILES string of the molecule is Cc1ccc(C2=NC(=CC(Br)=Cc3ccccc3)C(=O)O2)cc1. The van der Waals surface area contributed by atoms with Crippen LogP contribution in [0.4, 0.5) is 0 Å². The molecule has 2 aromatic rings. The van der Waals surface area contributed by atoms with Gasteiger partial charge in [-0.1, -0.05) is 64.0 Å². The van der Waals surface area contributed by atoms with Crippen LogP contribution in [0.5, 0.6) is 0 Å². The molecule has 114 valence electrons. The lowest BCUT2D eigenvalue weighted by molar-refractivity contribution is -0.130. The van der Waals surface area contributed by atoms with Crippen molar-refractivity contribution in [3.8, 4) is 0 Å². The maximum atomic E-state index is 12.0. The van der Waals surface area contributed by atoms with Crippen LogP contribution in [-0.4, -0.2) is 11.9 Å². The van der Waals surface area contributed by atoms with E-state index < -0.39 is 5.97 Å². The van der Waals surface area contributed by atoms with Gasteiger partial charge >= 0.3 is 5.97 Å². The van der Waals surface area contributed by atoms with Crippen molar-refractivity contribution >= 4 is 33.9 Å². The molecule has 2 aromatic carbocycles. The minimum Gasteiger partial charge on any atom is -0.402 e. The Balaban J connectivity index is 1.86. The van der Waals surface area contributed by atoms with Crippen molar-refractivity contribution in [2.45, 2.75) is 6.92 Å². The van der Waals surface area contributed by atoms with Gasteiger partial charge in [0.25, 0.3) is 0 Å². The van der Waals surface area contributed by atoms with Gasteiger partial charge in [-0.25, -0.2) is 9.79 Å². The molecule has 1 aliphatic heterocycles. The summed E-state index contributed by atoms with van der Waals surface area (Å²) in [5, 5.41) is 0. The van der Waals surface area contributed by atoms with E-state index >= 15 is 0 Å². The molecule has 0 N–H and O–H groups in total. The Morgan fingerprint density at radius 3 is 2.48 bits per heavy atom. The van der Waals surface area contributed by atoms with Crippen LogP contribution in [0.1, 0.15) is 16.7 Å². The molecule has 0 spiro atoms. The standard InChI is InChI=1S/C19H14BrNO2/c1-13-7-9-15(10-8-13)18-21-17(19(22)23-18)12-16(20)11-14-5-3-2-4-6-14/h2-12H,1H3. The van der Waals surface area contributed by atoms with Gasteiger partial charge in [0.05, 0.1) is 0 Å². The van der Waals surface area contributed by atoms with E-state index in [1.165, 1.54) is 0 Å². The molecule has 23 heavy (non-hydrogen) atoms. The van der Waals surface area contributed by atoms with Crippen molar-refractivity contribution in [3.05, 3.63) is 87.5 Å². The summed E-state index contributed by atoms with van der Waals surface area (Å²) >= 11 is 3.45. The highest BCUT2D eigenvalue weighted by atomic mass is 79.9. The summed E-state index contributed by atoms with van der Waals surface area (Å²) in [6, 6.07) is 17.5. The van der Waals surface area contributed by atoms with Gasteiger partial charge in [-0.3, -0.25) is 0 Å². The summed E-state index contributed by atoms with van der Waals surface area (Å²) in [5.41, 5.74) is 3.24. The summed E-state index contributed by atoms with van der Waals surface area (Å²) in [4.78, 5) is 16.2. The molecular formula is C19H14BrNO2. The Bertz CT molecular complexity index is 818. The van der Waals surface area contributed by atoms with Gasteiger partial charge in [0.15, 0.2) is 5.70 Å². The summed E-state index contributed by atoms with van der Waals surface area (Å²) in [5.74, 6) is -0.111. The quantitative estimate of drug-likeness (QED) is 0.586. The Kier molecular flexibility index (Phi) is 4.53. The van der Waals surface area contributed by atoms with E-state index in [2.05, 4.69) is 20.9 Å². The fourth-order valence-corrected chi connectivity index (χ4v) is 2.59. The highest BCUT2D eigenvalue weighted by Gasteiger charge is 2.24. The topological polar surface area (TPSA) is 38.7 Å². The second-order valence-electron chi connectivity index (χ2n) is 5.14. The fraction of sp³-hybridized carbons (Fsp3) is 0.0526. The van der Waals surface area contributed by atoms with Crippen LogP contribution in [0.2, 0.25) is 0 Å². The third-order valence-electron chi connectivity index (χ3n) is 3.30. The molecule has 0 aliphatic carbocycles. The highest BCUT2D eigenvalue weighted by Crippen LogP contribution is 2.21. The Hall–Kier alpha value is -2.46. The van der Waals surface area contributed by atoms with Gasteiger partial charge in [0, 0.05) is 10.0 Å². The molecule has 0 amide bonds. The molecule has 3 nitrogen and oxygen atoms in total. The largest absolute Gasteiger partial charge is 0.402 e. The molecule has 1 heterocycles. The van der Waals surface area contributed by atoms with E-state index in [4.69, 9.17) is 4.74 Å². The Morgan fingerprint density at radius 1 is 1.09 bits per heavy atom. The fourth-order valence-electron chi connectivity index (χ4n) is 2.11. The summed E-state index contributed by atoms with van der Waals surface area (Å²) in [7, 11) is 0. The molecule has 0 aromatic heterocycles. The van der Waals surface area contributed by atoms with Crippen molar-refractivity contribution < 1.29 is 9.53 Å². The van der Waals surface area contributed by atoms with Crippen molar-refractivity contribution in [1.29, 1.82) is 0 Å². The molecule has 0 atom stereocenters. The van der Waals surface area contributed by atoms with Crippen molar-refractivity contribution in [1.82, 2.24) is 0 Å². The zero-order valence-corrected chi connectivity index (χ0v) is 14.1. The predicted octanol–water partition coefficient (Wildman–Crippen LogP) is 4.62. The van der Waals surface area contributed by atoms with Crippen LogP contribution < -0.4 is 0 Å². The van der Waals surface area contributed by atoms with Crippen LogP contribution in [0.3, 0.4) is 0 Å². The lowest BCUT2D eigenvalue weighted by Gasteiger charge is -1.99. The number of aryl methyl sites for hydroxylation is 1. The van der Waals surface area contributed by atoms with Gasteiger partial charge in [-0.15, -0.1) is 0 Å². The van der Waals surface area contributed by atoms with E-state index in [1.54, 1.807) is 6.08 Å². The number of allylic oxidation sites excluding steroid dienone is 2. The maximum Gasteiger partial charge on any atom is 0.363 e. The monoisotopic (exact) mass is 367 g/mol. The predicted molar refractivity (Wildman–Crippen MR) is 95.2 cm³/mol. The smallest absolute Gasteiger partial charge is 0.363 e. The number of rotatable bonds is 3. The summed E-state index contributed by atoms with van der Waals surface area (Å²) < 4.78 is 6.00. The van der Waals surface area contributed by atoms with E-state index in [9.17, 15) is 4.79 Å². The van der Waals surface area contributed by atoms with Crippen LogP contribution in [0, 0.1) is 6.92 Å². The van der Waals surface area contributed by atoms with Crippen LogP contribution in [0.15, 0.2) is 75.8 Å². The number of esters is 1. The number of hydrogen-bond donors (Lipinski definition) is 0. The number of hydrogen-bond acceptors (Lipinski definition) is 3. The molecule has 0 fully saturated rings. The second kappa shape index (κ2) is 6.75. The number of halogens is 1. The first-order chi connectivity index (χ1) is 11.1. The number of carbonyl (C=O) groups is 1. The third-order valence-corrected chi connectivity index (χ3v) is 3.76. The molecule has 1 aliphatic rings. The maximum absolute atomic E-state index is 12.0. The molecule has 4 heteroatoms. The van der Waals surface area contributed by atoms with E-state index in [0.717, 1.165) is 21.2 Å². The minimum atomic E-state index is -0.445. The first kappa shape index (κ1) is 15.4. The molecule has 0 saturated heterocycles. The number of cyclic esters (lactones) is 1. The van der Waals surface area contributed by atoms with Crippen LogP contribution in [-0.2, 0) is 9.53 Å². The second-order valence-corrected chi connectivity index (χ2v) is 6.06. The van der Waals surface area contributed by atoms with Crippen molar-refractivity contribution in [2.75, 3.05) is 0 Å².